The van der Waals surface area contributed by atoms with E-state index < -0.39 is 33.1 Å². The van der Waals surface area contributed by atoms with Gasteiger partial charge in [0.05, 0.1) is 10.4 Å². The zero-order valence-electron chi connectivity index (χ0n) is 19.1. The highest BCUT2D eigenvalue weighted by Gasteiger charge is 2.59. The van der Waals surface area contributed by atoms with Crippen LogP contribution in [0.25, 0.3) is 0 Å². The lowest BCUT2D eigenvalue weighted by molar-refractivity contribution is -0.153. The van der Waals surface area contributed by atoms with Crippen molar-refractivity contribution in [3.63, 3.8) is 0 Å². The first-order valence-electron chi connectivity index (χ1n) is 11.4. The first-order valence-corrected chi connectivity index (χ1v) is 13.3. The smallest absolute Gasteiger partial charge is 0.243 e. The second-order valence-corrected chi connectivity index (χ2v) is 12.6. The Morgan fingerprint density at radius 2 is 1.76 bits per heavy atom. The van der Waals surface area contributed by atoms with Crippen molar-refractivity contribution in [1.29, 1.82) is 0 Å². The third kappa shape index (κ3) is 4.65. The Labute approximate surface area is 199 Å². The van der Waals surface area contributed by atoms with E-state index in [4.69, 9.17) is 11.6 Å². The van der Waals surface area contributed by atoms with E-state index in [1.807, 2.05) is 0 Å². The minimum absolute atomic E-state index is 0.0757. The van der Waals surface area contributed by atoms with Gasteiger partial charge in [-0.05, 0) is 82.8 Å². The molecule has 33 heavy (non-hydrogen) atoms. The largest absolute Gasteiger partial charge is 0.374 e. The van der Waals surface area contributed by atoms with Gasteiger partial charge in [0.2, 0.25) is 21.8 Å². The van der Waals surface area contributed by atoms with Gasteiger partial charge < -0.3 is 15.7 Å². The molecule has 10 heteroatoms. The molecule has 5 rings (SSSR count). The molecule has 3 unspecified atom stereocenters. The summed E-state index contributed by atoms with van der Waals surface area (Å²) >= 11 is 6.06. The highest BCUT2D eigenvalue weighted by molar-refractivity contribution is 7.89. The van der Waals surface area contributed by atoms with Crippen LogP contribution in [0.5, 0.6) is 0 Å². The number of rotatable bonds is 7. The van der Waals surface area contributed by atoms with Gasteiger partial charge in [-0.3, -0.25) is 9.59 Å². The summed E-state index contributed by atoms with van der Waals surface area (Å²) in [7, 11) is -4.01. The number of halogens is 1. The molecular formula is C23H32ClN3O5S. The summed E-state index contributed by atoms with van der Waals surface area (Å²) in [5.74, 6) is 0.224. The van der Waals surface area contributed by atoms with Crippen LogP contribution in [0.3, 0.4) is 0 Å². The van der Waals surface area contributed by atoms with Crippen molar-refractivity contribution in [3.05, 3.63) is 29.3 Å². The molecule has 0 spiro atoms. The van der Waals surface area contributed by atoms with Gasteiger partial charge in [0.1, 0.15) is 16.7 Å². The van der Waals surface area contributed by atoms with Gasteiger partial charge in [0.15, 0.2) is 0 Å². The Bertz CT molecular complexity index is 1040. The number of nitrogens with one attached hydrogen (secondary N) is 3. The molecule has 8 nitrogen and oxygen atoms in total. The first-order chi connectivity index (χ1) is 15.3. The molecule has 0 heterocycles. The van der Waals surface area contributed by atoms with Crippen LogP contribution < -0.4 is 15.4 Å². The molecule has 4 saturated carbocycles. The molecule has 1 aromatic rings. The monoisotopic (exact) mass is 497 g/mol. The molecule has 182 valence electrons. The fourth-order valence-corrected chi connectivity index (χ4v) is 8.21. The number of aliphatic hydroxyl groups is 1. The summed E-state index contributed by atoms with van der Waals surface area (Å²) in [6.45, 7) is 4.60. The SMILES string of the molecule is CC(O)NC(=O)C12CC3CC(C1)C(NC(=O)C(C)(C)NS(=O)(=O)c1ccccc1Cl)C(C3)C2. The Morgan fingerprint density at radius 3 is 2.33 bits per heavy atom. The van der Waals surface area contributed by atoms with Crippen molar-refractivity contribution < 1.29 is 23.1 Å². The molecule has 2 amide bonds. The highest BCUT2D eigenvalue weighted by Crippen LogP contribution is 2.60. The van der Waals surface area contributed by atoms with Crippen LogP contribution in [0, 0.1) is 23.2 Å². The topological polar surface area (TPSA) is 125 Å². The summed E-state index contributed by atoms with van der Waals surface area (Å²) in [5.41, 5.74) is -1.88. The zero-order chi connectivity index (χ0) is 24.2. The quantitative estimate of drug-likeness (QED) is 0.430. The number of carbonyl (C=O) groups excluding carboxylic acids is 2. The Hall–Kier alpha value is -1.68. The van der Waals surface area contributed by atoms with Crippen molar-refractivity contribution in [1.82, 2.24) is 15.4 Å². The van der Waals surface area contributed by atoms with Crippen molar-refractivity contribution in [2.75, 3.05) is 0 Å². The second kappa shape index (κ2) is 8.52. The van der Waals surface area contributed by atoms with Crippen LogP contribution in [-0.2, 0) is 19.6 Å². The van der Waals surface area contributed by atoms with Gasteiger partial charge in [-0.15, -0.1) is 0 Å². The summed E-state index contributed by atoms with van der Waals surface area (Å²) in [5, 5.41) is 15.5. The van der Waals surface area contributed by atoms with Crippen LogP contribution >= 0.6 is 11.6 Å². The molecule has 4 aliphatic carbocycles. The number of hydrogen-bond acceptors (Lipinski definition) is 5. The highest BCUT2D eigenvalue weighted by atomic mass is 35.5. The Morgan fingerprint density at radius 1 is 1.15 bits per heavy atom. The van der Waals surface area contributed by atoms with E-state index in [9.17, 15) is 23.1 Å². The molecule has 0 aliphatic heterocycles. The molecule has 1 aromatic carbocycles. The number of carbonyl (C=O) groups is 2. The molecule has 3 atom stereocenters. The standard InChI is InChI=1S/C23H32ClN3O5S/c1-13(28)25-21(30)23-10-14-8-15(11-23)19(16(9-14)12-23)26-20(29)22(2,3)27-33(31,32)18-7-5-4-6-17(18)24/h4-7,13-16,19,27-28H,8-12H2,1-3H3,(H,25,30)(H,26,29). The van der Waals surface area contributed by atoms with Gasteiger partial charge >= 0.3 is 0 Å². The first kappa shape index (κ1) is 24.4. The van der Waals surface area contributed by atoms with Gasteiger partial charge in [-0.25, -0.2) is 8.42 Å². The number of amides is 2. The fraction of sp³-hybridized carbons (Fsp3) is 0.652. The van der Waals surface area contributed by atoms with Crippen molar-refractivity contribution >= 4 is 33.4 Å². The molecular weight excluding hydrogens is 466 g/mol. The molecule has 0 aromatic heterocycles. The van der Waals surface area contributed by atoms with E-state index in [0.29, 0.717) is 18.8 Å². The minimum Gasteiger partial charge on any atom is -0.374 e. The van der Waals surface area contributed by atoms with Crippen LogP contribution in [0.2, 0.25) is 5.02 Å². The molecule has 4 aliphatic rings. The third-order valence-corrected chi connectivity index (χ3v) is 9.63. The predicted octanol–water partition coefficient (Wildman–Crippen LogP) is 2.16. The number of aliphatic hydroxyl groups excluding tert-OH is 1. The van der Waals surface area contributed by atoms with Crippen molar-refractivity contribution in [2.45, 2.75) is 75.6 Å². The summed E-state index contributed by atoms with van der Waals surface area (Å²) in [6.07, 6.45) is 3.13. The number of sulfonamides is 1. The Kier molecular flexibility index (Phi) is 6.31. The molecule has 4 bridgehead atoms. The fourth-order valence-electron chi connectivity index (χ4n) is 6.31. The maximum Gasteiger partial charge on any atom is 0.243 e. The minimum atomic E-state index is -4.01. The lowest BCUT2D eigenvalue weighted by atomic mass is 9.47. The van der Waals surface area contributed by atoms with Crippen LogP contribution in [0.4, 0.5) is 0 Å². The summed E-state index contributed by atoms with van der Waals surface area (Å²) in [6, 6.07) is 5.99. The van der Waals surface area contributed by atoms with E-state index in [-0.39, 0.29) is 33.7 Å². The van der Waals surface area contributed by atoms with E-state index >= 15 is 0 Å². The summed E-state index contributed by atoms with van der Waals surface area (Å²) < 4.78 is 28.2. The molecule has 0 radical (unpaired) electrons. The van der Waals surface area contributed by atoms with Gasteiger partial charge in [-0.1, -0.05) is 23.7 Å². The van der Waals surface area contributed by atoms with Gasteiger partial charge in [0, 0.05) is 6.04 Å². The van der Waals surface area contributed by atoms with E-state index in [1.54, 1.807) is 12.1 Å². The van der Waals surface area contributed by atoms with Crippen molar-refractivity contribution in [3.8, 4) is 0 Å². The third-order valence-electron chi connectivity index (χ3n) is 7.48. The van der Waals surface area contributed by atoms with Crippen molar-refractivity contribution in [2.24, 2.45) is 23.2 Å². The maximum absolute atomic E-state index is 13.2. The average Bonchev–Trinajstić information content (AvgIpc) is 2.69. The average molecular weight is 498 g/mol. The van der Waals surface area contributed by atoms with Gasteiger partial charge in [0.25, 0.3) is 0 Å². The normalized spacial score (nSPS) is 31.8. The van der Waals surface area contributed by atoms with Crippen LogP contribution in [0.15, 0.2) is 29.2 Å². The van der Waals surface area contributed by atoms with Crippen LogP contribution in [0.1, 0.15) is 52.9 Å². The van der Waals surface area contributed by atoms with E-state index in [0.717, 1.165) is 19.3 Å². The zero-order valence-corrected chi connectivity index (χ0v) is 20.7. The molecule has 4 N–H and O–H groups in total. The van der Waals surface area contributed by atoms with Gasteiger partial charge in [-0.2, -0.15) is 4.72 Å². The number of benzene rings is 1. The maximum atomic E-state index is 13.2. The Balaban J connectivity index is 1.47. The molecule has 4 fully saturated rings. The second-order valence-electron chi connectivity index (χ2n) is 10.6. The lowest BCUT2D eigenvalue weighted by Gasteiger charge is -2.59. The summed E-state index contributed by atoms with van der Waals surface area (Å²) in [4.78, 5) is 26.0. The number of hydrogen-bond donors (Lipinski definition) is 4. The van der Waals surface area contributed by atoms with Crippen LogP contribution in [-0.4, -0.2) is 43.1 Å². The predicted molar refractivity (Wildman–Crippen MR) is 124 cm³/mol. The molecule has 0 saturated heterocycles. The van der Waals surface area contributed by atoms with E-state index in [2.05, 4.69) is 15.4 Å². The lowest BCUT2D eigenvalue weighted by Crippen LogP contribution is -2.65. The van der Waals surface area contributed by atoms with E-state index in [1.165, 1.54) is 32.9 Å².